The molecule has 0 saturated carbocycles. The van der Waals surface area contributed by atoms with Gasteiger partial charge in [0, 0.05) is 30.5 Å². The normalized spacial score (nSPS) is 10.2. The summed E-state index contributed by atoms with van der Waals surface area (Å²) >= 11 is 6.25. The van der Waals surface area contributed by atoms with E-state index in [-0.39, 0.29) is 16.8 Å². The number of hydrogen-bond donors (Lipinski definition) is 2. The highest BCUT2D eigenvalue weighted by Gasteiger charge is 2.16. The summed E-state index contributed by atoms with van der Waals surface area (Å²) in [5.74, 6) is -0.671. The largest absolute Gasteiger partial charge is 0.383 e. The molecule has 0 saturated heterocycles. The Bertz CT molecular complexity index is 1150. The number of benzene rings is 3. The van der Waals surface area contributed by atoms with Crippen molar-refractivity contribution in [1.29, 1.82) is 5.26 Å². The fourth-order valence-electron chi connectivity index (χ4n) is 3.07. The molecule has 3 aromatic carbocycles. The maximum Gasteiger partial charge on any atom is 0.256 e. The SMILES string of the molecule is COCCNC(=O)c1ccc(NC(=O)c2ccccc2-c2ccccc2C#N)cc1Cl. The van der Waals surface area contributed by atoms with Gasteiger partial charge in [0.25, 0.3) is 11.8 Å². The second-order valence-electron chi connectivity index (χ2n) is 6.60. The number of hydrogen-bond acceptors (Lipinski definition) is 4. The Kier molecular flexibility index (Phi) is 7.39. The van der Waals surface area contributed by atoms with E-state index in [9.17, 15) is 14.9 Å². The molecule has 2 N–H and O–H groups in total. The molecule has 0 atom stereocenters. The zero-order chi connectivity index (χ0) is 22.2. The van der Waals surface area contributed by atoms with E-state index in [1.165, 1.54) is 6.07 Å². The van der Waals surface area contributed by atoms with Crippen molar-refractivity contribution in [2.24, 2.45) is 0 Å². The summed E-state index contributed by atoms with van der Waals surface area (Å²) in [6.07, 6.45) is 0. The van der Waals surface area contributed by atoms with Crippen LogP contribution in [0.2, 0.25) is 5.02 Å². The van der Waals surface area contributed by atoms with Crippen LogP contribution in [-0.2, 0) is 4.74 Å². The van der Waals surface area contributed by atoms with Gasteiger partial charge in [-0.05, 0) is 35.9 Å². The van der Waals surface area contributed by atoms with Crippen LogP contribution < -0.4 is 10.6 Å². The number of nitrogens with one attached hydrogen (secondary N) is 2. The minimum Gasteiger partial charge on any atom is -0.383 e. The first-order valence-electron chi connectivity index (χ1n) is 9.51. The molecule has 7 heteroatoms. The molecular weight excluding hydrogens is 414 g/mol. The zero-order valence-electron chi connectivity index (χ0n) is 16.8. The Morgan fingerprint density at radius 1 is 0.968 bits per heavy atom. The monoisotopic (exact) mass is 433 g/mol. The maximum atomic E-state index is 13.0. The Balaban J connectivity index is 1.82. The van der Waals surface area contributed by atoms with Crippen molar-refractivity contribution < 1.29 is 14.3 Å². The predicted octanol–water partition coefficient (Wildman–Crippen LogP) is 4.51. The van der Waals surface area contributed by atoms with Crippen LogP contribution >= 0.6 is 11.6 Å². The topological polar surface area (TPSA) is 91.2 Å². The molecule has 0 aliphatic carbocycles. The molecule has 0 heterocycles. The molecule has 0 unspecified atom stereocenters. The van der Waals surface area contributed by atoms with Gasteiger partial charge >= 0.3 is 0 Å². The van der Waals surface area contributed by atoms with Crippen LogP contribution in [0.25, 0.3) is 11.1 Å². The number of ether oxygens (including phenoxy) is 1. The fraction of sp³-hybridized carbons (Fsp3) is 0.125. The molecule has 0 aromatic heterocycles. The Morgan fingerprint density at radius 3 is 2.39 bits per heavy atom. The lowest BCUT2D eigenvalue weighted by molar-refractivity contribution is 0.0936. The minimum absolute atomic E-state index is 0.218. The number of methoxy groups -OCH3 is 1. The number of nitriles is 1. The van der Waals surface area contributed by atoms with Crippen molar-refractivity contribution in [2.45, 2.75) is 0 Å². The van der Waals surface area contributed by atoms with Gasteiger partial charge in [0.2, 0.25) is 0 Å². The number of carbonyl (C=O) groups excluding carboxylic acids is 2. The van der Waals surface area contributed by atoms with Gasteiger partial charge in [-0.25, -0.2) is 0 Å². The smallest absolute Gasteiger partial charge is 0.256 e. The zero-order valence-corrected chi connectivity index (χ0v) is 17.6. The van der Waals surface area contributed by atoms with E-state index in [4.69, 9.17) is 16.3 Å². The second kappa shape index (κ2) is 10.4. The van der Waals surface area contributed by atoms with E-state index in [1.54, 1.807) is 55.6 Å². The number of rotatable bonds is 7. The summed E-state index contributed by atoms with van der Waals surface area (Å²) in [6.45, 7) is 0.761. The van der Waals surface area contributed by atoms with Gasteiger partial charge in [0.05, 0.1) is 28.8 Å². The van der Waals surface area contributed by atoms with E-state index in [0.29, 0.717) is 46.7 Å². The standard InChI is InChI=1S/C24H20ClN3O3/c1-31-13-12-27-23(29)21-11-10-17(14-22(21)25)28-24(30)20-9-5-4-8-19(20)18-7-3-2-6-16(18)15-26/h2-11,14H,12-13H2,1H3,(H,27,29)(H,28,30). The summed E-state index contributed by atoms with van der Waals surface area (Å²) in [5, 5.41) is 15.1. The minimum atomic E-state index is -0.350. The Morgan fingerprint density at radius 2 is 1.68 bits per heavy atom. The average molecular weight is 434 g/mol. The van der Waals surface area contributed by atoms with Gasteiger partial charge in [-0.1, -0.05) is 48.0 Å². The maximum absolute atomic E-state index is 13.0. The van der Waals surface area contributed by atoms with Gasteiger partial charge in [-0.3, -0.25) is 9.59 Å². The van der Waals surface area contributed by atoms with Gasteiger partial charge in [0.15, 0.2) is 0 Å². The van der Waals surface area contributed by atoms with Crippen molar-refractivity contribution in [3.63, 3.8) is 0 Å². The van der Waals surface area contributed by atoms with Crippen LogP contribution in [0.1, 0.15) is 26.3 Å². The van der Waals surface area contributed by atoms with Crippen molar-refractivity contribution in [3.8, 4) is 17.2 Å². The lowest BCUT2D eigenvalue weighted by Gasteiger charge is -2.12. The highest BCUT2D eigenvalue weighted by Crippen LogP contribution is 2.28. The van der Waals surface area contributed by atoms with Gasteiger partial charge in [-0.15, -0.1) is 0 Å². The second-order valence-corrected chi connectivity index (χ2v) is 7.01. The number of halogens is 1. The van der Waals surface area contributed by atoms with Crippen LogP contribution in [0.3, 0.4) is 0 Å². The summed E-state index contributed by atoms with van der Waals surface area (Å²) < 4.78 is 4.91. The quantitative estimate of drug-likeness (QED) is 0.536. The molecule has 2 amide bonds. The third kappa shape index (κ3) is 5.28. The highest BCUT2D eigenvalue weighted by atomic mass is 35.5. The predicted molar refractivity (Wildman–Crippen MR) is 120 cm³/mol. The fourth-order valence-corrected chi connectivity index (χ4v) is 3.34. The van der Waals surface area contributed by atoms with Crippen molar-refractivity contribution in [3.05, 3.63) is 88.4 Å². The third-order valence-electron chi connectivity index (χ3n) is 4.57. The molecule has 3 aromatic rings. The van der Waals surface area contributed by atoms with Crippen molar-refractivity contribution >= 4 is 29.1 Å². The first-order chi connectivity index (χ1) is 15.0. The van der Waals surface area contributed by atoms with E-state index >= 15 is 0 Å². The van der Waals surface area contributed by atoms with Crippen LogP contribution in [0.15, 0.2) is 66.7 Å². The molecule has 156 valence electrons. The molecule has 0 aliphatic heterocycles. The van der Waals surface area contributed by atoms with Crippen LogP contribution in [0.5, 0.6) is 0 Å². The number of amides is 2. The lowest BCUT2D eigenvalue weighted by atomic mass is 9.95. The summed E-state index contributed by atoms with van der Waals surface area (Å²) in [4.78, 5) is 25.2. The lowest BCUT2D eigenvalue weighted by Crippen LogP contribution is -2.27. The van der Waals surface area contributed by atoms with Crippen LogP contribution in [-0.4, -0.2) is 32.1 Å². The molecule has 0 aliphatic rings. The van der Waals surface area contributed by atoms with Crippen LogP contribution in [0, 0.1) is 11.3 Å². The summed E-state index contributed by atoms with van der Waals surface area (Å²) in [6, 6.07) is 21.0. The molecule has 3 rings (SSSR count). The van der Waals surface area contributed by atoms with Gasteiger partial charge in [0.1, 0.15) is 0 Å². The first-order valence-corrected chi connectivity index (χ1v) is 9.89. The van der Waals surface area contributed by atoms with Crippen molar-refractivity contribution in [2.75, 3.05) is 25.6 Å². The van der Waals surface area contributed by atoms with E-state index in [0.717, 1.165) is 0 Å². The van der Waals surface area contributed by atoms with E-state index in [1.807, 2.05) is 12.1 Å². The molecule has 0 bridgehead atoms. The number of carbonyl (C=O) groups is 2. The molecule has 0 spiro atoms. The summed E-state index contributed by atoms with van der Waals surface area (Å²) in [7, 11) is 1.55. The van der Waals surface area contributed by atoms with E-state index < -0.39 is 0 Å². The summed E-state index contributed by atoms with van der Waals surface area (Å²) in [5.41, 5.74) is 2.98. The molecule has 6 nitrogen and oxygen atoms in total. The van der Waals surface area contributed by atoms with Gasteiger partial charge < -0.3 is 15.4 Å². The molecular formula is C24H20ClN3O3. The number of anilines is 1. The number of nitrogens with zero attached hydrogens (tertiary/aromatic N) is 1. The average Bonchev–Trinajstić information content (AvgIpc) is 2.79. The first kappa shape index (κ1) is 22.0. The molecule has 0 fully saturated rings. The molecule has 0 radical (unpaired) electrons. The highest BCUT2D eigenvalue weighted by molar-refractivity contribution is 6.34. The van der Waals surface area contributed by atoms with Gasteiger partial charge in [-0.2, -0.15) is 5.26 Å². The Labute approximate surface area is 185 Å². The molecule has 31 heavy (non-hydrogen) atoms. The van der Waals surface area contributed by atoms with Crippen LogP contribution in [0.4, 0.5) is 5.69 Å². The van der Waals surface area contributed by atoms with E-state index in [2.05, 4.69) is 16.7 Å². The third-order valence-corrected chi connectivity index (χ3v) is 4.89. The Hall–Kier alpha value is -3.66. The van der Waals surface area contributed by atoms with Crippen molar-refractivity contribution in [1.82, 2.24) is 5.32 Å².